The number of nitro groups is 1. The molecule has 0 aromatic heterocycles. The fraction of sp³-hybridized carbons (Fsp3) is 0.238. The molecule has 2 aromatic rings. The van der Waals surface area contributed by atoms with Gasteiger partial charge >= 0.3 is 11.7 Å². The van der Waals surface area contributed by atoms with Crippen molar-refractivity contribution in [2.75, 3.05) is 32.2 Å². The third kappa shape index (κ3) is 5.18. The van der Waals surface area contributed by atoms with Crippen molar-refractivity contribution in [2.24, 2.45) is 0 Å². The summed E-state index contributed by atoms with van der Waals surface area (Å²) in [6, 6.07) is 6.61. The first-order valence-electron chi connectivity index (χ1n) is 9.63. The lowest BCUT2D eigenvalue weighted by Crippen LogP contribution is -2.31. The Bertz CT molecular complexity index is 1150. The number of anilines is 1. The largest absolute Gasteiger partial charge is 0.452 e. The Morgan fingerprint density at radius 2 is 1.85 bits per heavy atom. The molecule has 1 aliphatic rings. The van der Waals surface area contributed by atoms with Gasteiger partial charge in [0.2, 0.25) is 5.82 Å². The summed E-state index contributed by atoms with van der Waals surface area (Å²) in [6.45, 7) is -0.197. The molecule has 11 nitrogen and oxygen atoms in total. The minimum Gasteiger partial charge on any atom is -0.452 e. The lowest BCUT2D eigenvalue weighted by atomic mass is 10.1. The van der Waals surface area contributed by atoms with Crippen LogP contribution in [0.1, 0.15) is 37.5 Å². The van der Waals surface area contributed by atoms with Gasteiger partial charge in [0.05, 0.1) is 21.6 Å². The van der Waals surface area contributed by atoms with E-state index in [-0.39, 0.29) is 28.9 Å². The van der Waals surface area contributed by atoms with Crippen molar-refractivity contribution in [1.29, 1.82) is 0 Å². The zero-order chi connectivity index (χ0) is 24.1. The minimum atomic E-state index is -1.06. The molecule has 1 aliphatic heterocycles. The summed E-state index contributed by atoms with van der Waals surface area (Å²) in [7, 11) is 1.50. The van der Waals surface area contributed by atoms with E-state index in [4.69, 9.17) is 9.47 Å². The van der Waals surface area contributed by atoms with Crippen LogP contribution in [0.5, 0.6) is 0 Å². The molecule has 12 heteroatoms. The van der Waals surface area contributed by atoms with Gasteiger partial charge in [-0.3, -0.25) is 29.4 Å². The molecule has 2 aromatic carbocycles. The molecule has 33 heavy (non-hydrogen) atoms. The number of imide groups is 1. The Hall–Kier alpha value is -4.19. The average Bonchev–Trinajstić information content (AvgIpc) is 3.03. The van der Waals surface area contributed by atoms with E-state index in [1.54, 1.807) is 0 Å². The molecule has 0 radical (unpaired) electrons. The predicted octanol–water partition coefficient (Wildman–Crippen LogP) is 2.16. The topological polar surface area (TPSA) is 145 Å². The van der Waals surface area contributed by atoms with Gasteiger partial charge in [-0.2, -0.15) is 4.39 Å². The molecule has 1 heterocycles. The van der Waals surface area contributed by atoms with E-state index in [0.29, 0.717) is 13.0 Å². The van der Waals surface area contributed by atoms with Crippen molar-refractivity contribution in [2.45, 2.75) is 6.42 Å². The molecule has 0 unspecified atom stereocenters. The lowest BCUT2D eigenvalue weighted by Gasteiger charge is -2.12. The van der Waals surface area contributed by atoms with Crippen LogP contribution in [0.25, 0.3) is 0 Å². The van der Waals surface area contributed by atoms with Crippen LogP contribution in [0.2, 0.25) is 0 Å². The Morgan fingerprint density at radius 1 is 1.12 bits per heavy atom. The zero-order valence-electron chi connectivity index (χ0n) is 17.3. The Morgan fingerprint density at radius 3 is 2.55 bits per heavy atom. The number of halogens is 1. The summed E-state index contributed by atoms with van der Waals surface area (Å²) >= 11 is 0. The van der Waals surface area contributed by atoms with Crippen LogP contribution in [0.15, 0.2) is 36.4 Å². The molecule has 0 saturated carbocycles. The van der Waals surface area contributed by atoms with E-state index in [0.717, 1.165) is 23.1 Å². The molecule has 3 rings (SSSR count). The molecule has 1 N–H and O–H groups in total. The molecular weight excluding hydrogens is 441 g/mol. The monoisotopic (exact) mass is 459 g/mol. The quantitative estimate of drug-likeness (QED) is 0.197. The second-order valence-electron chi connectivity index (χ2n) is 6.92. The fourth-order valence-electron chi connectivity index (χ4n) is 3.13. The number of carbonyl (C=O) groups excluding carboxylic acids is 4. The third-order valence-electron chi connectivity index (χ3n) is 4.70. The molecular formula is C21H18FN3O8. The number of amides is 3. The number of nitro benzene ring substituents is 1. The predicted molar refractivity (Wildman–Crippen MR) is 110 cm³/mol. The number of carbonyl (C=O) groups is 4. The van der Waals surface area contributed by atoms with E-state index in [9.17, 15) is 33.7 Å². The maximum Gasteiger partial charge on any atom is 0.338 e. The summed E-state index contributed by atoms with van der Waals surface area (Å²) in [5.41, 5.74) is -0.712. The van der Waals surface area contributed by atoms with Gasteiger partial charge in [-0.05, 0) is 36.8 Å². The van der Waals surface area contributed by atoms with Gasteiger partial charge in [-0.15, -0.1) is 0 Å². The van der Waals surface area contributed by atoms with Crippen molar-refractivity contribution < 1.29 is 38.0 Å². The highest BCUT2D eigenvalue weighted by molar-refractivity contribution is 6.22. The lowest BCUT2D eigenvalue weighted by molar-refractivity contribution is -0.387. The number of fused-ring (bicyclic) bond motifs is 1. The van der Waals surface area contributed by atoms with Gasteiger partial charge in [0.1, 0.15) is 0 Å². The highest BCUT2D eigenvalue weighted by Gasteiger charge is 2.35. The molecule has 0 atom stereocenters. The number of rotatable bonds is 9. The van der Waals surface area contributed by atoms with Crippen molar-refractivity contribution in [3.8, 4) is 0 Å². The second-order valence-corrected chi connectivity index (χ2v) is 6.92. The molecule has 0 bridgehead atoms. The van der Waals surface area contributed by atoms with Gasteiger partial charge in [-0.25, -0.2) is 4.79 Å². The highest BCUT2D eigenvalue weighted by atomic mass is 19.1. The zero-order valence-corrected chi connectivity index (χ0v) is 17.3. The van der Waals surface area contributed by atoms with Crippen LogP contribution in [0, 0.1) is 15.9 Å². The number of hydrogen-bond donors (Lipinski definition) is 1. The van der Waals surface area contributed by atoms with E-state index < -0.39 is 46.7 Å². The SMILES string of the molecule is COCCCN1C(=O)c2ccc(C(=O)OCC(=O)Nc3ccc(F)c([N+](=O)[O-])c3)cc2C1=O. The smallest absolute Gasteiger partial charge is 0.338 e. The van der Waals surface area contributed by atoms with Crippen molar-refractivity contribution in [3.63, 3.8) is 0 Å². The normalized spacial score (nSPS) is 12.5. The first-order valence-corrected chi connectivity index (χ1v) is 9.63. The molecule has 172 valence electrons. The number of hydrogen-bond acceptors (Lipinski definition) is 8. The van der Waals surface area contributed by atoms with Gasteiger partial charge in [0, 0.05) is 32.0 Å². The summed E-state index contributed by atoms with van der Waals surface area (Å²) in [5.74, 6) is -3.82. The van der Waals surface area contributed by atoms with Crippen LogP contribution < -0.4 is 5.32 Å². The van der Waals surface area contributed by atoms with Crippen LogP contribution in [-0.4, -0.2) is 60.4 Å². The number of benzene rings is 2. The molecule has 0 spiro atoms. The number of nitrogens with zero attached hydrogens (tertiary/aromatic N) is 2. The molecule has 0 aliphatic carbocycles. The third-order valence-corrected chi connectivity index (χ3v) is 4.70. The number of methoxy groups -OCH3 is 1. The number of esters is 1. The molecule has 0 saturated heterocycles. The minimum absolute atomic E-state index is 0.0427. The number of nitrogens with one attached hydrogen (secondary N) is 1. The van der Waals surface area contributed by atoms with Crippen LogP contribution in [0.4, 0.5) is 15.8 Å². The molecule has 0 fully saturated rings. The van der Waals surface area contributed by atoms with Crippen molar-refractivity contribution in [3.05, 3.63) is 69.0 Å². The van der Waals surface area contributed by atoms with Gasteiger partial charge < -0.3 is 14.8 Å². The van der Waals surface area contributed by atoms with Gasteiger partial charge in [-0.1, -0.05) is 0 Å². The standard InChI is InChI=1S/C21H18FN3O8/c1-32-8-2-7-24-19(27)14-5-3-12(9-15(14)20(24)28)21(29)33-11-18(26)23-13-4-6-16(22)17(10-13)25(30)31/h3-6,9-10H,2,7-8,11H2,1H3,(H,23,26). The fourth-order valence-corrected chi connectivity index (χ4v) is 3.13. The van der Waals surface area contributed by atoms with E-state index in [1.165, 1.54) is 25.3 Å². The number of ether oxygens (including phenoxy) is 2. The maximum atomic E-state index is 13.4. The van der Waals surface area contributed by atoms with E-state index >= 15 is 0 Å². The van der Waals surface area contributed by atoms with Crippen molar-refractivity contribution >= 4 is 35.1 Å². The van der Waals surface area contributed by atoms with E-state index in [2.05, 4.69) is 5.32 Å². The Kier molecular flexibility index (Phi) is 7.08. The summed E-state index contributed by atoms with van der Waals surface area (Å²) < 4.78 is 23.2. The Balaban J connectivity index is 1.61. The van der Waals surface area contributed by atoms with Crippen LogP contribution >= 0.6 is 0 Å². The average molecular weight is 459 g/mol. The second kappa shape index (κ2) is 9.96. The molecule has 3 amide bonds. The van der Waals surface area contributed by atoms with Crippen LogP contribution in [0.3, 0.4) is 0 Å². The first kappa shape index (κ1) is 23.5. The highest BCUT2D eigenvalue weighted by Crippen LogP contribution is 2.25. The van der Waals surface area contributed by atoms with Crippen molar-refractivity contribution in [1.82, 2.24) is 4.90 Å². The summed E-state index contributed by atoms with van der Waals surface area (Å²) in [4.78, 5) is 60.1. The maximum absolute atomic E-state index is 13.4. The van der Waals surface area contributed by atoms with Gasteiger partial charge in [0.25, 0.3) is 17.7 Å². The van der Waals surface area contributed by atoms with Crippen LogP contribution in [-0.2, 0) is 14.3 Å². The summed E-state index contributed by atoms with van der Waals surface area (Å²) in [5, 5.41) is 13.0. The van der Waals surface area contributed by atoms with E-state index in [1.807, 2.05) is 0 Å². The van der Waals surface area contributed by atoms with Gasteiger partial charge in [0.15, 0.2) is 6.61 Å². The summed E-state index contributed by atoms with van der Waals surface area (Å²) in [6.07, 6.45) is 0.462. The Labute approximate surface area is 186 Å². The first-order chi connectivity index (χ1) is 15.7.